The van der Waals surface area contributed by atoms with Crippen LogP contribution in [0.5, 0.6) is 0 Å². The van der Waals surface area contributed by atoms with Crippen molar-refractivity contribution in [2.24, 2.45) is 0 Å². The van der Waals surface area contributed by atoms with E-state index in [1.54, 1.807) is 0 Å². The molecule has 0 bridgehead atoms. The van der Waals surface area contributed by atoms with Gasteiger partial charge >= 0.3 is 5.97 Å². The number of aryl methyl sites for hydroxylation is 1. The van der Waals surface area contributed by atoms with Crippen molar-refractivity contribution in [3.63, 3.8) is 0 Å². The molecule has 1 aromatic heterocycles. The van der Waals surface area contributed by atoms with E-state index in [0.717, 1.165) is 16.0 Å². The minimum Gasteiger partial charge on any atom is -0.465 e. The Kier molecular flexibility index (Phi) is 6.66. The molecule has 0 spiro atoms. The highest BCUT2D eigenvalue weighted by atomic mass is 35.5. The van der Waals surface area contributed by atoms with Crippen LogP contribution >= 0.6 is 35.2 Å². The number of rotatable bonds is 5. The Morgan fingerprint density at radius 1 is 1.20 bits per heavy atom. The third-order valence-corrected chi connectivity index (χ3v) is 5.73. The first-order valence-electron chi connectivity index (χ1n) is 8.61. The lowest BCUT2D eigenvalue weighted by atomic mass is 10.0. The normalized spacial score (nSPS) is 10.4. The van der Waals surface area contributed by atoms with Crippen molar-refractivity contribution in [3.05, 3.63) is 74.1 Å². The number of benzene rings is 2. The van der Waals surface area contributed by atoms with Gasteiger partial charge in [0, 0.05) is 22.6 Å². The topological polar surface area (TPSA) is 93.5 Å². The highest BCUT2D eigenvalue weighted by Crippen LogP contribution is 2.40. The van der Waals surface area contributed by atoms with Gasteiger partial charge in [0.05, 0.1) is 22.7 Å². The number of esters is 1. The smallest absolute Gasteiger partial charge is 0.341 e. The molecule has 7 nitrogen and oxygen atoms in total. The highest BCUT2D eigenvalue weighted by Gasteiger charge is 2.24. The summed E-state index contributed by atoms with van der Waals surface area (Å²) < 4.78 is 4.98. The molecule has 0 aliphatic carbocycles. The first-order valence-corrected chi connectivity index (χ1v) is 10.2. The summed E-state index contributed by atoms with van der Waals surface area (Å²) in [6.07, 6.45) is 0. The Bertz CT molecular complexity index is 1130. The minimum atomic E-state index is -0.526. The van der Waals surface area contributed by atoms with Crippen molar-refractivity contribution >= 4 is 62.6 Å². The predicted molar refractivity (Wildman–Crippen MR) is 124 cm³/mol. The summed E-state index contributed by atoms with van der Waals surface area (Å²) in [4.78, 5) is 23.9. The van der Waals surface area contributed by atoms with Crippen LogP contribution < -0.4 is 10.6 Å². The number of non-ortho nitro benzene ring substituents is 1. The van der Waals surface area contributed by atoms with Crippen LogP contribution in [-0.4, -0.2) is 23.1 Å². The van der Waals surface area contributed by atoms with Crippen LogP contribution in [0.4, 0.5) is 16.4 Å². The Labute approximate surface area is 186 Å². The third-order valence-electron chi connectivity index (χ3n) is 4.17. The molecular weight excluding hydrogens is 446 g/mol. The van der Waals surface area contributed by atoms with Crippen LogP contribution in [-0.2, 0) is 4.74 Å². The average molecular weight is 462 g/mol. The summed E-state index contributed by atoms with van der Waals surface area (Å²) in [7, 11) is 1.31. The molecule has 0 atom stereocenters. The number of carbonyl (C=O) groups excluding carboxylic acids is 1. The second-order valence-corrected chi connectivity index (χ2v) is 8.14. The lowest BCUT2D eigenvalue weighted by Gasteiger charge is -2.12. The van der Waals surface area contributed by atoms with E-state index in [1.807, 2.05) is 37.3 Å². The summed E-state index contributed by atoms with van der Waals surface area (Å²) in [5, 5.41) is 17.7. The van der Waals surface area contributed by atoms with Crippen molar-refractivity contribution in [2.75, 3.05) is 17.7 Å². The van der Waals surface area contributed by atoms with Crippen molar-refractivity contribution in [1.82, 2.24) is 0 Å². The van der Waals surface area contributed by atoms with Crippen LogP contribution in [0.3, 0.4) is 0 Å². The fraction of sp³-hybridized carbons (Fsp3) is 0.100. The summed E-state index contributed by atoms with van der Waals surface area (Å²) in [5.74, 6) is -0.503. The molecule has 2 aromatic carbocycles. The van der Waals surface area contributed by atoms with Gasteiger partial charge in [-0.05, 0) is 30.8 Å². The van der Waals surface area contributed by atoms with E-state index in [1.165, 1.54) is 36.6 Å². The fourth-order valence-corrected chi connectivity index (χ4v) is 4.37. The third kappa shape index (κ3) is 4.59. The molecule has 0 unspecified atom stereocenters. The lowest BCUT2D eigenvalue weighted by Crippen LogP contribution is -2.20. The number of nitrogens with zero attached hydrogens (tertiary/aromatic N) is 1. The number of anilines is 2. The number of nitro groups is 1. The quantitative estimate of drug-likeness (QED) is 0.212. The van der Waals surface area contributed by atoms with E-state index in [4.69, 9.17) is 28.6 Å². The van der Waals surface area contributed by atoms with Gasteiger partial charge in [0.25, 0.3) is 5.69 Å². The van der Waals surface area contributed by atoms with Crippen molar-refractivity contribution in [3.8, 4) is 11.1 Å². The maximum absolute atomic E-state index is 12.5. The monoisotopic (exact) mass is 461 g/mol. The summed E-state index contributed by atoms with van der Waals surface area (Å²) >= 11 is 12.8. The predicted octanol–water partition coefficient (Wildman–Crippen LogP) is 5.88. The van der Waals surface area contributed by atoms with Crippen molar-refractivity contribution in [2.45, 2.75) is 6.92 Å². The van der Waals surface area contributed by atoms with Gasteiger partial charge in [-0.15, -0.1) is 11.3 Å². The van der Waals surface area contributed by atoms with Gasteiger partial charge in [-0.25, -0.2) is 4.79 Å². The molecule has 0 saturated carbocycles. The standard InChI is InChI=1S/C20H16ClN3O4S2/c1-11-16(12-6-4-3-5-7-12)17(19(25)28-2)18(30-11)23-20(29)22-15-10-13(24(26)27)8-9-14(15)21/h3-10H,1-2H3,(H2,22,23,29). The van der Waals surface area contributed by atoms with Gasteiger partial charge in [0.1, 0.15) is 10.6 Å². The Hall–Kier alpha value is -3.01. The van der Waals surface area contributed by atoms with Crippen molar-refractivity contribution in [1.29, 1.82) is 0 Å². The van der Waals surface area contributed by atoms with E-state index in [-0.39, 0.29) is 21.5 Å². The van der Waals surface area contributed by atoms with Gasteiger partial charge in [0.2, 0.25) is 0 Å². The van der Waals surface area contributed by atoms with Crippen LogP contribution in [0, 0.1) is 17.0 Å². The zero-order valence-corrected chi connectivity index (χ0v) is 18.3. The van der Waals surface area contributed by atoms with E-state index in [9.17, 15) is 14.9 Å². The number of thiocarbonyl (C=S) groups is 1. The van der Waals surface area contributed by atoms with Gasteiger partial charge in [0.15, 0.2) is 5.11 Å². The minimum absolute atomic E-state index is 0.127. The number of nitrogens with one attached hydrogen (secondary N) is 2. The average Bonchev–Trinajstić information content (AvgIpc) is 3.04. The molecule has 1 heterocycles. The molecule has 0 aliphatic rings. The fourth-order valence-electron chi connectivity index (χ4n) is 2.86. The SMILES string of the molecule is COC(=O)c1c(NC(=S)Nc2cc([N+](=O)[O-])ccc2Cl)sc(C)c1-c1ccccc1. The Morgan fingerprint density at radius 2 is 1.90 bits per heavy atom. The van der Waals surface area contributed by atoms with E-state index in [2.05, 4.69) is 10.6 Å². The number of hydrogen-bond donors (Lipinski definition) is 2. The number of carbonyl (C=O) groups is 1. The van der Waals surface area contributed by atoms with Crippen LogP contribution in [0.2, 0.25) is 5.02 Å². The molecule has 0 radical (unpaired) electrons. The van der Waals surface area contributed by atoms with E-state index in [0.29, 0.717) is 10.6 Å². The van der Waals surface area contributed by atoms with Gasteiger partial charge in [-0.1, -0.05) is 41.9 Å². The molecule has 3 rings (SSSR count). The number of halogens is 1. The second kappa shape index (κ2) is 9.21. The van der Waals surface area contributed by atoms with Gasteiger partial charge in [-0.3, -0.25) is 10.1 Å². The molecule has 0 saturated heterocycles. The molecule has 10 heteroatoms. The van der Waals surface area contributed by atoms with Gasteiger partial charge in [-0.2, -0.15) is 0 Å². The number of nitro benzene ring substituents is 1. The van der Waals surface area contributed by atoms with Crippen LogP contribution in [0.25, 0.3) is 11.1 Å². The maximum Gasteiger partial charge on any atom is 0.341 e. The molecule has 2 N–H and O–H groups in total. The number of hydrogen-bond acceptors (Lipinski definition) is 6. The Morgan fingerprint density at radius 3 is 2.53 bits per heavy atom. The first-order chi connectivity index (χ1) is 14.3. The zero-order valence-electron chi connectivity index (χ0n) is 15.9. The van der Waals surface area contributed by atoms with Crippen LogP contribution in [0.15, 0.2) is 48.5 Å². The lowest BCUT2D eigenvalue weighted by molar-refractivity contribution is -0.384. The van der Waals surface area contributed by atoms with Gasteiger partial charge < -0.3 is 15.4 Å². The first kappa shape index (κ1) is 21.7. The number of ether oxygens (including phenoxy) is 1. The molecule has 3 aromatic rings. The van der Waals surface area contributed by atoms with Crippen LogP contribution in [0.1, 0.15) is 15.2 Å². The molecular formula is C20H16ClN3O4S2. The molecule has 0 amide bonds. The Balaban J connectivity index is 1.93. The van der Waals surface area contributed by atoms with E-state index >= 15 is 0 Å². The van der Waals surface area contributed by atoms with Crippen molar-refractivity contribution < 1.29 is 14.5 Å². The molecule has 0 aliphatic heterocycles. The zero-order chi connectivity index (χ0) is 21.8. The maximum atomic E-state index is 12.5. The second-order valence-electron chi connectivity index (χ2n) is 6.10. The summed E-state index contributed by atoms with van der Waals surface area (Å²) in [5.41, 5.74) is 2.14. The molecule has 0 fully saturated rings. The highest BCUT2D eigenvalue weighted by molar-refractivity contribution is 7.80. The largest absolute Gasteiger partial charge is 0.465 e. The summed E-state index contributed by atoms with van der Waals surface area (Å²) in [6, 6.07) is 13.5. The van der Waals surface area contributed by atoms with E-state index < -0.39 is 10.9 Å². The number of methoxy groups -OCH3 is 1. The molecule has 154 valence electrons. The molecule has 30 heavy (non-hydrogen) atoms. The number of thiophene rings is 1. The summed E-state index contributed by atoms with van der Waals surface area (Å²) in [6.45, 7) is 1.90.